The number of piperidine rings is 1. The third kappa shape index (κ3) is 3.72. The molecule has 1 atom stereocenters. The van der Waals surface area contributed by atoms with Crippen LogP contribution in [0.15, 0.2) is 91.0 Å². The molecule has 2 saturated heterocycles. The lowest BCUT2D eigenvalue weighted by molar-refractivity contribution is 0.129. The van der Waals surface area contributed by atoms with Crippen molar-refractivity contribution in [1.82, 2.24) is 10.2 Å². The van der Waals surface area contributed by atoms with E-state index in [9.17, 15) is 4.79 Å². The highest BCUT2D eigenvalue weighted by Crippen LogP contribution is 2.46. The van der Waals surface area contributed by atoms with Gasteiger partial charge in [0.05, 0.1) is 5.54 Å². The maximum absolute atomic E-state index is 13.1. The fourth-order valence-electron chi connectivity index (χ4n) is 5.41. The molecule has 0 aliphatic carbocycles. The molecule has 2 fully saturated rings. The third-order valence-electron chi connectivity index (χ3n) is 6.91. The summed E-state index contributed by atoms with van der Waals surface area (Å²) in [5.74, 6) is 0.390. The first-order valence-electron chi connectivity index (χ1n) is 11.2. The second-order valence-corrected chi connectivity index (χ2v) is 8.66. The van der Waals surface area contributed by atoms with Crippen LogP contribution >= 0.6 is 0 Å². The zero-order valence-corrected chi connectivity index (χ0v) is 17.8. The van der Waals surface area contributed by atoms with Gasteiger partial charge in [-0.05, 0) is 55.1 Å². The van der Waals surface area contributed by atoms with Gasteiger partial charge in [0, 0.05) is 18.8 Å². The maximum atomic E-state index is 13.1. The van der Waals surface area contributed by atoms with Gasteiger partial charge in [-0.2, -0.15) is 0 Å². The topological polar surface area (TPSA) is 35.6 Å². The Bertz CT molecular complexity index is 1000. The van der Waals surface area contributed by atoms with Crippen molar-refractivity contribution in [3.63, 3.8) is 0 Å². The molecule has 0 aromatic heterocycles. The number of anilines is 1. The Hall–Kier alpha value is -3.11. The Morgan fingerprint density at radius 3 is 2.03 bits per heavy atom. The Labute approximate surface area is 184 Å². The van der Waals surface area contributed by atoms with Crippen LogP contribution in [-0.4, -0.2) is 30.6 Å². The smallest absolute Gasteiger partial charge is 0.322 e. The molecular formula is C27H29N3O. The van der Waals surface area contributed by atoms with Crippen LogP contribution in [0.2, 0.25) is 0 Å². The molecule has 5 rings (SSSR count). The predicted octanol–water partition coefficient (Wildman–Crippen LogP) is 5.02. The number of likely N-dealkylation sites (tertiary alicyclic amines) is 1. The molecule has 1 N–H and O–H groups in total. The largest absolute Gasteiger partial charge is 0.335 e. The zero-order chi connectivity index (χ0) is 21.1. The van der Waals surface area contributed by atoms with Gasteiger partial charge in [0.1, 0.15) is 0 Å². The summed E-state index contributed by atoms with van der Waals surface area (Å²) in [6, 6.07) is 31.4. The lowest BCUT2D eigenvalue weighted by Gasteiger charge is -2.47. The van der Waals surface area contributed by atoms with Crippen LogP contribution in [0.5, 0.6) is 0 Å². The molecule has 2 amide bonds. The van der Waals surface area contributed by atoms with Crippen molar-refractivity contribution in [2.45, 2.75) is 24.9 Å². The first-order chi connectivity index (χ1) is 15.3. The van der Waals surface area contributed by atoms with Crippen molar-refractivity contribution in [2.75, 3.05) is 24.5 Å². The summed E-state index contributed by atoms with van der Waals surface area (Å²) in [6.45, 7) is 3.73. The van der Waals surface area contributed by atoms with Crippen LogP contribution in [0.1, 0.15) is 24.0 Å². The van der Waals surface area contributed by atoms with Gasteiger partial charge in [-0.25, -0.2) is 4.79 Å². The van der Waals surface area contributed by atoms with Gasteiger partial charge in [0.25, 0.3) is 0 Å². The van der Waals surface area contributed by atoms with E-state index in [1.54, 1.807) is 0 Å². The van der Waals surface area contributed by atoms with E-state index in [-0.39, 0.29) is 11.6 Å². The Morgan fingerprint density at radius 2 is 1.39 bits per heavy atom. The van der Waals surface area contributed by atoms with Gasteiger partial charge < -0.3 is 5.32 Å². The summed E-state index contributed by atoms with van der Waals surface area (Å²) < 4.78 is 0. The number of amides is 2. The molecule has 4 nitrogen and oxygen atoms in total. The highest BCUT2D eigenvalue weighted by atomic mass is 16.2. The molecule has 1 unspecified atom stereocenters. The van der Waals surface area contributed by atoms with E-state index < -0.39 is 0 Å². The Morgan fingerprint density at radius 1 is 0.806 bits per heavy atom. The van der Waals surface area contributed by atoms with E-state index in [0.717, 1.165) is 38.2 Å². The number of nitrogens with zero attached hydrogens (tertiary/aromatic N) is 2. The number of para-hydroxylation sites is 1. The van der Waals surface area contributed by atoms with Crippen molar-refractivity contribution in [3.05, 3.63) is 102 Å². The van der Waals surface area contributed by atoms with Crippen molar-refractivity contribution >= 4 is 11.7 Å². The van der Waals surface area contributed by atoms with E-state index in [1.807, 2.05) is 35.2 Å². The Kier molecular flexibility index (Phi) is 5.47. The fraction of sp³-hybridized carbons (Fsp3) is 0.296. The predicted molar refractivity (Wildman–Crippen MR) is 125 cm³/mol. The minimum absolute atomic E-state index is 0.00164. The third-order valence-corrected chi connectivity index (χ3v) is 6.91. The summed E-state index contributed by atoms with van der Waals surface area (Å²) in [4.78, 5) is 17.7. The number of carbonyl (C=O) groups excluding carboxylic acids is 1. The van der Waals surface area contributed by atoms with Crippen LogP contribution in [0, 0.1) is 5.92 Å². The number of urea groups is 1. The molecule has 4 heteroatoms. The molecule has 3 aromatic rings. The standard InChI is InChI=1S/C27H29N3O/c31-26-28-21-27(23-12-6-2-7-13-23,30(26)25-14-8-3-9-15-25)24-16-18-29(19-17-24)20-22-10-4-1-5-11-22/h1-15,24H,16-21H2,(H,28,31). The molecule has 0 spiro atoms. The van der Waals surface area contributed by atoms with Gasteiger partial charge in [-0.1, -0.05) is 78.9 Å². The van der Waals surface area contributed by atoms with Crippen molar-refractivity contribution in [3.8, 4) is 0 Å². The van der Waals surface area contributed by atoms with E-state index >= 15 is 0 Å². The lowest BCUT2D eigenvalue weighted by atomic mass is 9.72. The van der Waals surface area contributed by atoms with E-state index in [4.69, 9.17) is 0 Å². The number of hydrogen-bond donors (Lipinski definition) is 1. The van der Waals surface area contributed by atoms with Crippen LogP contribution in [0.25, 0.3) is 0 Å². The molecule has 31 heavy (non-hydrogen) atoms. The van der Waals surface area contributed by atoms with E-state index in [2.05, 4.69) is 70.9 Å². The highest BCUT2D eigenvalue weighted by molar-refractivity contribution is 5.96. The molecule has 158 valence electrons. The van der Waals surface area contributed by atoms with Gasteiger partial charge in [0.15, 0.2) is 0 Å². The monoisotopic (exact) mass is 411 g/mol. The molecule has 0 saturated carbocycles. The van der Waals surface area contributed by atoms with Gasteiger partial charge in [-0.15, -0.1) is 0 Å². The van der Waals surface area contributed by atoms with E-state index in [1.165, 1.54) is 11.1 Å². The van der Waals surface area contributed by atoms with Gasteiger partial charge in [0.2, 0.25) is 0 Å². The average molecular weight is 412 g/mol. The first-order valence-corrected chi connectivity index (χ1v) is 11.2. The van der Waals surface area contributed by atoms with Crippen LogP contribution in [-0.2, 0) is 12.1 Å². The summed E-state index contributed by atoms with van der Waals surface area (Å²) in [5.41, 5.74) is 3.19. The van der Waals surface area contributed by atoms with Gasteiger partial charge in [-0.3, -0.25) is 9.80 Å². The summed E-state index contributed by atoms with van der Waals surface area (Å²) in [7, 11) is 0. The number of carbonyl (C=O) groups is 1. The van der Waals surface area contributed by atoms with Crippen molar-refractivity contribution in [1.29, 1.82) is 0 Å². The first kappa shape index (κ1) is 19.8. The SMILES string of the molecule is O=C1NCC(c2ccccc2)(C2CCN(Cc3ccccc3)CC2)N1c1ccccc1. The minimum Gasteiger partial charge on any atom is -0.335 e. The molecule has 2 aliphatic rings. The second-order valence-electron chi connectivity index (χ2n) is 8.66. The van der Waals surface area contributed by atoms with Crippen molar-refractivity contribution in [2.24, 2.45) is 5.92 Å². The Balaban J connectivity index is 1.45. The van der Waals surface area contributed by atoms with Gasteiger partial charge >= 0.3 is 6.03 Å². The highest BCUT2D eigenvalue weighted by Gasteiger charge is 2.53. The molecular weight excluding hydrogens is 382 g/mol. The minimum atomic E-state index is -0.363. The molecule has 0 bridgehead atoms. The van der Waals surface area contributed by atoms with E-state index in [0.29, 0.717) is 12.5 Å². The lowest BCUT2D eigenvalue weighted by Crippen LogP contribution is -2.53. The summed E-state index contributed by atoms with van der Waals surface area (Å²) >= 11 is 0. The fourth-order valence-corrected chi connectivity index (χ4v) is 5.41. The number of nitrogens with one attached hydrogen (secondary N) is 1. The van der Waals surface area contributed by atoms with Crippen LogP contribution in [0.4, 0.5) is 10.5 Å². The quantitative estimate of drug-likeness (QED) is 0.640. The second kappa shape index (κ2) is 8.56. The molecule has 2 heterocycles. The van der Waals surface area contributed by atoms with Crippen LogP contribution in [0.3, 0.4) is 0 Å². The average Bonchev–Trinajstić information content (AvgIpc) is 3.19. The zero-order valence-electron chi connectivity index (χ0n) is 17.8. The normalized spacial score (nSPS) is 22.5. The number of rotatable bonds is 5. The van der Waals surface area contributed by atoms with Crippen molar-refractivity contribution < 1.29 is 4.79 Å². The molecule has 2 aliphatic heterocycles. The number of hydrogen-bond acceptors (Lipinski definition) is 2. The molecule has 3 aromatic carbocycles. The van der Waals surface area contributed by atoms with Crippen LogP contribution < -0.4 is 10.2 Å². The summed E-state index contributed by atoms with van der Waals surface area (Å²) in [6.07, 6.45) is 2.14. The maximum Gasteiger partial charge on any atom is 0.322 e. The summed E-state index contributed by atoms with van der Waals surface area (Å²) in [5, 5.41) is 3.18. The molecule has 0 radical (unpaired) electrons. The number of benzene rings is 3.